The molecule has 0 spiro atoms. The Hall–Kier alpha value is -2.20. The molecule has 23 heavy (non-hydrogen) atoms. The number of hydrogen-bond acceptors (Lipinski definition) is 3. The van der Waals surface area contributed by atoms with E-state index in [1.54, 1.807) is 18.5 Å². The van der Waals surface area contributed by atoms with Crippen LogP contribution in [0.5, 0.6) is 0 Å². The molecule has 2 atom stereocenters. The van der Waals surface area contributed by atoms with Gasteiger partial charge in [0.2, 0.25) is 0 Å². The van der Waals surface area contributed by atoms with Gasteiger partial charge in [-0.3, -0.25) is 4.98 Å². The number of hydrogen-bond donors (Lipinski definition) is 1. The summed E-state index contributed by atoms with van der Waals surface area (Å²) >= 11 is 0. The molecule has 1 aromatic carbocycles. The molecule has 0 radical (unpaired) electrons. The number of pyridine rings is 1. The fourth-order valence-electron chi connectivity index (χ4n) is 3.05. The first-order chi connectivity index (χ1) is 11.1. The smallest absolute Gasteiger partial charge is 0.129 e. The van der Waals surface area contributed by atoms with Gasteiger partial charge < -0.3 is 10.1 Å². The van der Waals surface area contributed by atoms with Crippen LogP contribution in [0.25, 0.3) is 11.1 Å². The molecule has 1 saturated heterocycles. The molecule has 1 aromatic heterocycles. The van der Waals surface area contributed by atoms with Crippen LogP contribution in [0.2, 0.25) is 0 Å². The molecule has 2 heterocycles. The second kappa shape index (κ2) is 6.92. The van der Waals surface area contributed by atoms with Gasteiger partial charge in [0.05, 0.1) is 12.7 Å². The van der Waals surface area contributed by atoms with Crippen molar-refractivity contribution in [3.8, 4) is 11.1 Å². The fraction of sp³-hybridized carbons (Fsp3) is 0.316. The van der Waals surface area contributed by atoms with Crippen molar-refractivity contribution < 1.29 is 9.13 Å². The van der Waals surface area contributed by atoms with Gasteiger partial charge >= 0.3 is 0 Å². The Morgan fingerprint density at radius 3 is 2.83 bits per heavy atom. The molecule has 0 bridgehead atoms. The number of aromatic nitrogens is 1. The van der Waals surface area contributed by atoms with E-state index in [0.717, 1.165) is 29.7 Å². The van der Waals surface area contributed by atoms with Crippen LogP contribution in [0.15, 0.2) is 55.0 Å². The predicted molar refractivity (Wildman–Crippen MR) is 89.2 cm³/mol. The summed E-state index contributed by atoms with van der Waals surface area (Å²) in [7, 11) is 0. The standard InChI is InChI=1S/C19H21FN2O/c1-13-10-16(11-14(2)22-13)23-12-18-17(4-3-5-19(18)20)15-6-8-21-9-7-15/h3-9,14,16,22H,1,10-12H2,2H3. The van der Waals surface area contributed by atoms with Crippen molar-refractivity contribution >= 4 is 0 Å². The average molecular weight is 312 g/mol. The quantitative estimate of drug-likeness (QED) is 0.924. The molecule has 0 saturated carbocycles. The summed E-state index contributed by atoms with van der Waals surface area (Å²) in [6, 6.07) is 9.22. The van der Waals surface area contributed by atoms with Gasteiger partial charge in [0.1, 0.15) is 5.82 Å². The first kappa shape index (κ1) is 15.7. The van der Waals surface area contributed by atoms with Gasteiger partial charge in [-0.15, -0.1) is 0 Å². The lowest BCUT2D eigenvalue weighted by Crippen LogP contribution is -2.37. The number of rotatable bonds is 4. The third-order valence-corrected chi connectivity index (χ3v) is 4.11. The first-order valence-electron chi connectivity index (χ1n) is 7.87. The minimum absolute atomic E-state index is 0.0728. The van der Waals surface area contributed by atoms with Crippen molar-refractivity contribution in [2.24, 2.45) is 0 Å². The van der Waals surface area contributed by atoms with E-state index >= 15 is 0 Å². The van der Waals surface area contributed by atoms with Crippen LogP contribution in [0.1, 0.15) is 25.3 Å². The molecule has 1 aliphatic rings. The van der Waals surface area contributed by atoms with Gasteiger partial charge in [-0.25, -0.2) is 4.39 Å². The largest absolute Gasteiger partial charge is 0.386 e. The second-order valence-electron chi connectivity index (χ2n) is 6.02. The van der Waals surface area contributed by atoms with Gasteiger partial charge in [-0.1, -0.05) is 18.7 Å². The Labute approximate surface area is 136 Å². The van der Waals surface area contributed by atoms with Crippen molar-refractivity contribution in [3.05, 3.63) is 66.4 Å². The van der Waals surface area contributed by atoms with E-state index in [1.807, 2.05) is 18.2 Å². The molecule has 1 fully saturated rings. The summed E-state index contributed by atoms with van der Waals surface area (Å²) in [6.07, 6.45) is 5.16. The van der Waals surface area contributed by atoms with Crippen LogP contribution in [0.4, 0.5) is 4.39 Å². The molecule has 4 heteroatoms. The lowest BCUT2D eigenvalue weighted by atomic mass is 9.99. The van der Waals surface area contributed by atoms with Crippen molar-refractivity contribution in [1.82, 2.24) is 10.3 Å². The molecule has 2 aromatic rings. The van der Waals surface area contributed by atoms with Crippen LogP contribution in [-0.4, -0.2) is 17.1 Å². The highest BCUT2D eigenvalue weighted by Crippen LogP contribution is 2.27. The molecule has 3 nitrogen and oxygen atoms in total. The monoisotopic (exact) mass is 312 g/mol. The Balaban J connectivity index is 1.79. The fourth-order valence-corrected chi connectivity index (χ4v) is 3.05. The van der Waals surface area contributed by atoms with Gasteiger partial charge in [0.25, 0.3) is 0 Å². The van der Waals surface area contributed by atoms with E-state index in [2.05, 4.69) is 23.8 Å². The maximum absolute atomic E-state index is 14.3. The Morgan fingerprint density at radius 1 is 1.30 bits per heavy atom. The highest BCUT2D eigenvalue weighted by Gasteiger charge is 2.22. The number of piperidine rings is 1. The molecule has 120 valence electrons. The van der Waals surface area contributed by atoms with Crippen molar-refractivity contribution in [3.63, 3.8) is 0 Å². The average Bonchev–Trinajstić information content (AvgIpc) is 2.53. The summed E-state index contributed by atoms with van der Waals surface area (Å²) in [4.78, 5) is 4.02. The summed E-state index contributed by atoms with van der Waals surface area (Å²) in [6.45, 7) is 6.34. The second-order valence-corrected chi connectivity index (χ2v) is 6.02. The molecule has 2 unspecified atom stereocenters. The Kier molecular flexibility index (Phi) is 4.72. The highest BCUT2D eigenvalue weighted by atomic mass is 19.1. The molecular formula is C19H21FN2O. The number of benzene rings is 1. The number of halogens is 1. The van der Waals surface area contributed by atoms with Crippen LogP contribution in [0, 0.1) is 5.82 Å². The summed E-state index contributed by atoms with van der Waals surface area (Å²) in [5.74, 6) is -0.236. The first-order valence-corrected chi connectivity index (χ1v) is 7.87. The zero-order valence-corrected chi connectivity index (χ0v) is 13.3. The Morgan fingerprint density at radius 2 is 2.09 bits per heavy atom. The SMILES string of the molecule is C=C1CC(OCc2c(F)cccc2-c2ccncc2)CC(C)N1. The maximum Gasteiger partial charge on any atom is 0.129 e. The lowest BCUT2D eigenvalue weighted by molar-refractivity contribution is 0.0197. The van der Waals surface area contributed by atoms with E-state index in [9.17, 15) is 4.39 Å². The number of nitrogens with zero attached hydrogens (tertiary/aromatic N) is 1. The summed E-state index contributed by atoms with van der Waals surface area (Å²) in [5, 5.41) is 3.30. The van der Waals surface area contributed by atoms with Gasteiger partial charge in [0, 0.05) is 36.1 Å². The number of ether oxygens (including phenoxy) is 1. The van der Waals surface area contributed by atoms with E-state index in [1.165, 1.54) is 6.07 Å². The zero-order valence-electron chi connectivity index (χ0n) is 13.3. The van der Waals surface area contributed by atoms with E-state index in [-0.39, 0.29) is 18.5 Å². The van der Waals surface area contributed by atoms with Crippen LogP contribution in [0.3, 0.4) is 0 Å². The molecule has 0 amide bonds. The molecule has 1 aliphatic heterocycles. The molecule has 1 N–H and O–H groups in total. The van der Waals surface area contributed by atoms with Gasteiger partial charge in [0.15, 0.2) is 0 Å². The normalized spacial score (nSPS) is 21.0. The Bertz CT molecular complexity index is 687. The van der Waals surface area contributed by atoms with Crippen molar-refractivity contribution in [1.29, 1.82) is 0 Å². The van der Waals surface area contributed by atoms with E-state index < -0.39 is 0 Å². The topological polar surface area (TPSA) is 34.1 Å². The van der Waals surface area contributed by atoms with E-state index in [0.29, 0.717) is 11.6 Å². The minimum Gasteiger partial charge on any atom is -0.386 e. The van der Waals surface area contributed by atoms with Crippen LogP contribution in [-0.2, 0) is 11.3 Å². The number of nitrogens with one attached hydrogen (secondary N) is 1. The maximum atomic E-state index is 14.3. The summed E-state index contributed by atoms with van der Waals surface area (Å²) in [5.41, 5.74) is 3.38. The molecule has 3 rings (SSSR count). The third kappa shape index (κ3) is 3.77. The van der Waals surface area contributed by atoms with Crippen LogP contribution < -0.4 is 5.32 Å². The van der Waals surface area contributed by atoms with Gasteiger partial charge in [-0.2, -0.15) is 0 Å². The van der Waals surface area contributed by atoms with Crippen molar-refractivity contribution in [2.45, 2.75) is 38.5 Å². The predicted octanol–water partition coefficient (Wildman–Crippen LogP) is 4.06. The lowest BCUT2D eigenvalue weighted by Gasteiger charge is -2.30. The molecular weight excluding hydrogens is 291 g/mol. The molecule has 0 aliphatic carbocycles. The van der Waals surface area contributed by atoms with Crippen LogP contribution >= 0.6 is 0 Å². The zero-order chi connectivity index (χ0) is 16.2. The third-order valence-electron chi connectivity index (χ3n) is 4.11. The minimum atomic E-state index is -0.236. The van der Waals surface area contributed by atoms with Crippen molar-refractivity contribution in [2.75, 3.05) is 0 Å². The van der Waals surface area contributed by atoms with E-state index in [4.69, 9.17) is 4.74 Å². The highest BCUT2D eigenvalue weighted by molar-refractivity contribution is 5.66. The summed E-state index contributed by atoms with van der Waals surface area (Å²) < 4.78 is 20.3. The van der Waals surface area contributed by atoms with Gasteiger partial charge in [-0.05, 0) is 42.7 Å².